The van der Waals surface area contributed by atoms with Crippen LogP contribution in [0.5, 0.6) is 0 Å². The Balaban J connectivity index is 4.36. The van der Waals surface area contributed by atoms with Crippen molar-refractivity contribution in [3.63, 3.8) is 0 Å². The predicted molar refractivity (Wildman–Crippen MR) is 50.3 cm³/mol. The first-order valence-electron chi connectivity index (χ1n) is 3.46. The lowest BCUT2D eigenvalue weighted by Crippen LogP contribution is -2.51. The van der Waals surface area contributed by atoms with Gasteiger partial charge < -0.3 is 13.3 Å². The van der Waals surface area contributed by atoms with E-state index in [1.54, 1.807) is 0 Å². The summed E-state index contributed by atoms with van der Waals surface area (Å²) in [5.74, 6) is 0.476. The highest BCUT2D eigenvalue weighted by Gasteiger charge is 2.46. The average molecular weight is 210 g/mol. The summed E-state index contributed by atoms with van der Waals surface area (Å²) < 4.78 is 14.9. The second kappa shape index (κ2) is 5.71. The second-order valence-electron chi connectivity index (χ2n) is 2.07. The van der Waals surface area contributed by atoms with Gasteiger partial charge in [-0.1, -0.05) is 0 Å². The van der Waals surface area contributed by atoms with Crippen LogP contribution in [0.3, 0.4) is 0 Å². The highest BCUT2D eigenvalue weighted by atomic mass is 32.1. The quantitative estimate of drug-likeness (QED) is 0.506. The fraction of sp³-hybridized carbons (Fsp3) is 0.833. The molecule has 0 aromatic carbocycles. The Morgan fingerprint density at radius 2 is 1.67 bits per heavy atom. The summed E-state index contributed by atoms with van der Waals surface area (Å²) in [6.45, 7) is 0. The molecule has 12 heavy (non-hydrogen) atoms. The molecular formula is C6H14O4SSi. The van der Waals surface area contributed by atoms with Gasteiger partial charge in [-0.15, -0.1) is 0 Å². The minimum atomic E-state index is -3.03. The van der Waals surface area contributed by atoms with Crippen LogP contribution in [-0.4, -0.2) is 41.3 Å². The molecule has 0 aliphatic heterocycles. The molecule has 0 radical (unpaired) electrons. The van der Waals surface area contributed by atoms with Crippen LogP contribution in [0.1, 0.15) is 6.42 Å². The summed E-state index contributed by atoms with van der Waals surface area (Å²) in [6.07, 6.45) is 0.310. The summed E-state index contributed by atoms with van der Waals surface area (Å²) >= 11 is 3.94. The van der Waals surface area contributed by atoms with Gasteiger partial charge in [0, 0.05) is 27.8 Å². The topological polar surface area (TPSA) is 44.8 Å². The maximum atomic E-state index is 11.4. The highest BCUT2D eigenvalue weighted by Crippen LogP contribution is 2.09. The van der Waals surface area contributed by atoms with Crippen LogP contribution >= 0.6 is 12.6 Å². The van der Waals surface area contributed by atoms with Gasteiger partial charge in [0.1, 0.15) is 0 Å². The summed E-state index contributed by atoms with van der Waals surface area (Å²) in [5.41, 5.74) is 0. The molecule has 0 aromatic rings. The van der Waals surface area contributed by atoms with Crippen LogP contribution < -0.4 is 0 Å². The lowest BCUT2D eigenvalue weighted by molar-refractivity contribution is -0.117. The van der Waals surface area contributed by atoms with E-state index in [1.165, 1.54) is 21.3 Å². The Bertz CT molecular complexity index is 140. The minimum Gasteiger partial charge on any atom is -0.372 e. The largest absolute Gasteiger partial charge is 0.573 e. The summed E-state index contributed by atoms with van der Waals surface area (Å²) in [5, 5.41) is -0.134. The van der Waals surface area contributed by atoms with Crippen molar-refractivity contribution in [3.8, 4) is 0 Å². The van der Waals surface area contributed by atoms with Crippen molar-refractivity contribution >= 4 is 26.8 Å². The van der Waals surface area contributed by atoms with Gasteiger partial charge in [0.2, 0.25) is 5.41 Å². The number of carbonyl (C=O) groups excluding carboxylic acids is 1. The fourth-order valence-corrected chi connectivity index (χ4v) is 2.87. The van der Waals surface area contributed by atoms with Gasteiger partial charge in [-0.3, -0.25) is 4.79 Å². The van der Waals surface area contributed by atoms with Crippen molar-refractivity contribution in [2.75, 3.05) is 27.1 Å². The number of hydrogen-bond acceptors (Lipinski definition) is 5. The number of thiol groups is 1. The number of rotatable bonds is 6. The van der Waals surface area contributed by atoms with Gasteiger partial charge in [-0.2, -0.15) is 12.6 Å². The third kappa shape index (κ3) is 2.56. The molecule has 0 N–H and O–H groups in total. The van der Waals surface area contributed by atoms with E-state index < -0.39 is 8.80 Å². The molecule has 0 heterocycles. The average Bonchev–Trinajstić information content (AvgIpc) is 2.09. The molecule has 4 nitrogen and oxygen atoms in total. The van der Waals surface area contributed by atoms with Crippen LogP contribution in [0.15, 0.2) is 0 Å². The Hall–Kier alpha value is 0.117. The first-order chi connectivity index (χ1) is 5.66. The van der Waals surface area contributed by atoms with Crippen LogP contribution in [0.4, 0.5) is 0 Å². The summed E-state index contributed by atoms with van der Waals surface area (Å²) in [6, 6.07) is 0. The zero-order valence-electron chi connectivity index (χ0n) is 7.49. The zero-order valence-corrected chi connectivity index (χ0v) is 9.39. The molecule has 6 heteroatoms. The van der Waals surface area contributed by atoms with Crippen LogP contribution in [0.2, 0.25) is 0 Å². The maximum Gasteiger partial charge on any atom is 0.573 e. The number of carbonyl (C=O) groups is 1. The van der Waals surface area contributed by atoms with Crippen LogP contribution in [0.25, 0.3) is 0 Å². The van der Waals surface area contributed by atoms with E-state index in [0.717, 1.165) is 0 Å². The molecule has 0 aliphatic rings. The Kier molecular flexibility index (Phi) is 5.77. The van der Waals surface area contributed by atoms with E-state index in [0.29, 0.717) is 12.2 Å². The van der Waals surface area contributed by atoms with Gasteiger partial charge in [0.25, 0.3) is 0 Å². The highest BCUT2D eigenvalue weighted by molar-refractivity contribution is 7.80. The van der Waals surface area contributed by atoms with Crippen molar-refractivity contribution in [1.82, 2.24) is 0 Å². The monoisotopic (exact) mass is 210 g/mol. The first-order valence-corrected chi connectivity index (χ1v) is 5.82. The maximum absolute atomic E-state index is 11.4. The Morgan fingerprint density at radius 3 is 1.92 bits per heavy atom. The molecule has 0 spiro atoms. The summed E-state index contributed by atoms with van der Waals surface area (Å²) in [4.78, 5) is 11.4. The van der Waals surface area contributed by atoms with Crippen molar-refractivity contribution in [1.29, 1.82) is 0 Å². The van der Waals surface area contributed by atoms with Crippen LogP contribution in [0, 0.1) is 0 Å². The fourth-order valence-electron chi connectivity index (χ4n) is 0.846. The van der Waals surface area contributed by atoms with Gasteiger partial charge >= 0.3 is 8.80 Å². The molecule has 0 saturated carbocycles. The Morgan fingerprint density at radius 1 is 1.25 bits per heavy atom. The van der Waals surface area contributed by atoms with E-state index in [1.807, 2.05) is 0 Å². The molecule has 0 atom stereocenters. The third-order valence-electron chi connectivity index (χ3n) is 1.49. The summed E-state index contributed by atoms with van der Waals surface area (Å²) in [7, 11) is 1.21. The second-order valence-corrected chi connectivity index (χ2v) is 5.41. The van der Waals surface area contributed by atoms with E-state index in [9.17, 15) is 4.79 Å². The van der Waals surface area contributed by atoms with E-state index in [2.05, 4.69) is 12.6 Å². The standard InChI is InChI=1S/C6H14O4SSi/c1-8-12(9-2,10-3)6(7)4-5-11/h11H,4-5H2,1-3H3. The molecule has 0 aliphatic carbocycles. The van der Waals surface area contributed by atoms with Crippen molar-refractivity contribution in [2.24, 2.45) is 0 Å². The van der Waals surface area contributed by atoms with Gasteiger partial charge in [0.15, 0.2) is 0 Å². The van der Waals surface area contributed by atoms with Crippen LogP contribution in [-0.2, 0) is 18.1 Å². The molecule has 0 fully saturated rings. The molecular weight excluding hydrogens is 196 g/mol. The smallest absolute Gasteiger partial charge is 0.372 e. The van der Waals surface area contributed by atoms with E-state index in [-0.39, 0.29) is 5.41 Å². The molecule has 0 rings (SSSR count). The molecule has 0 aromatic heterocycles. The van der Waals surface area contributed by atoms with Gasteiger partial charge in [0.05, 0.1) is 0 Å². The normalized spacial score (nSPS) is 11.7. The first kappa shape index (κ1) is 12.1. The zero-order chi connectivity index (χ0) is 9.61. The SMILES string of the molecule is CO[Si](OC)(OC)C(=O)CCS. The van der Waals surface area contributed by atoms with E-state index in [4.69, 9.17) is 13.3 Å². The molecule has 0 unspecified atom stereocenters. The lowest BCUT2D eigenvalue weighted by atomic mass is 10.5. The van der Waals surface area contributed by atoms with Crippen molar-refractivity contribution in [2.45, 2.75) is 6.42 Å². The minimum absolute atomic E-state index is 0.134. The van der Waals surface area contributed by atoms with Gasteiger partial charge in [-0.25, -0.2) is 0 Å². The third-order valence-corrected chi connectivity index (χ3v) is 4.26. The molecule has 72 valence electrons. The molecule has 0 saturated heterocycles. The Labute approximate surface area is 79.0 Å². The van der Waals surface area contributed by atoms with E-state index >= 15 is 0 Å². The van der Waals surface area contributed by atoms with Gasteiger partial charge in [-0.05, 0) is 5.75 Å². The van der Waals surface area contributed by atoms with Crippen molar-refractivity contribution < 1.29 is 18.1 Å². The molecule has 0 bridgehead atoms. The number of hydrogen-bond donors (Lipinski definition) is 1. The molecule has 0 amide bonds. The lowest BCUT2D eigenvalue weighted by Gasteiger charge is -2.21. The predicted octanol–water partition coefficient (Wildman–Crippen LogP) is 0.293. The van der Waals surface area contributed by atoms with Crippen molar-refractivity contribution in [3.05, 3.63) is 0 Å².